The normalized spacial score (nSPS) is 19.1. The number of likely N-dealkylation sites (N-methyl/N-ethyl adjacent to an activating group) is 1. The van der Waals surface area contributed by atoms with Gasteiger partial charge in [0.15, 0.2) is 0 Å². The molecule has 0 bridgehead atoms. The van der Waals surface area contributed by atoms with E-state index < -0.39 is 0 Å². The molecule has 1 saturated heterocycles. The molecule has 104 valence electrons. The number of hydrogen-bond acceptors (Lipinski definition) is 4. The number of piperidine rings is 1. The predicted molar refractivity (Wildman–Crippen MR) is 72.1 cm³/mol. The van der Waals surface area contributed by atoms with Crippen LogP contribution in [0, 0.1) is 0 Å². The van der Waals surface area contributed by atoms with E-state index in [1.165, 1.54) is 19.0 Å². The van der Waals surface area contributed by atoms with Gasteiger partial charge in [0.25, 0.3) is 11.5 Å². The summed E-state index contributed by atoms with van der Waals surface area (Å²) in [6.45, 7) is 4.30. The van der Waals surface area contributed by atoms with Gasteiger partial charge in [-0.3, -0.25) is 9.59 Å². The number of nitrogens with one attached hydrogen (secondary N) is 2. The van der Waals surface area contributed by atoms with Gasteiger partial charge in [0.2, 0.25) is 0 Å². The number of amides is 1. The van der Waals surface area contributed by atoms with Gasteiger partial charge in [-0.05, 0) is 26.3 Å². The molecular formula is C13H20N4O2. The van der Waals surface area contributed by atoms with Crippen LogP contribution in [-0.4, -0.2) is 46.5 Å². The van der Waals surface area contributed by atoms with Crippen LogP contribution in [0.15, 0.2) is 17.2 Å². The summed E-state index contributed by atoms with van der Waals surface area (Å²) in [7, 11) is 0. The average Bonchev–Trinajstić information content (AvgIpc) is 2.46. The van der Waals surface area contributed by atoms with Crippen LogP contribution in [-0.2, 0) is 0 Å². The van der Waals surface area contributed by atoms with E-state index in [4.69, 9.17) is 0 Å². The van der Waals surface area contributed by atoms with Crippen molar-refractivity contribution in [2.75, 3.05) is 19.6 Å². The smallest absolute Gasteiger partial charge is 0.274 e. The lowest BCUT2D eigenvalue weighted by molar-refractivity contribution is 0.0735. The zero-order valence-corrected chi connectivity index (χ0v) is 11.2. The molecule has 6 heteroatoms. The first-order valence-corrected chi connectivity index (χ1v) is 6.78. The highest BCUT2D eigenvalue weighted by atomic mass is 16.2. The maximum Gasteiger partial charge on any atom is 0.274 e. The maximum absolute atomic E-state index is 12.3. The quantitative estimate of drug-likeness (QED) is 0.824. The van der Waals surface area contributed by atoms with Crippen LogP contribution in [0.2, 0.25) is 0 Å². The zero-order chi connectivity index (χ0) is 13.7. The van der Waals surface area contributed by atoms with Gasteiger partial charge in [-0.25, -0.2) is 4.98 Å². The minimum absolute atomic E-state index is 0.133. The number of carbonyl (C=O) groups excluding carboxylic acids is 1. The highest BCUT2D eigenvalue weighted by Gasteiger charge is 2.21. The molecule has 2 N–H and O–H groups in total. The van der Waals surface area contributed by atoms with Crippen molar-refractivity contribution in [1.82, 2.24) is 20.2 Å². The van der Waals surface area contributed by atoms with Gasteiger partial charge in [0, 0.05) is 25.3 Å². The molecule has 1 aliphatic rings. The van der Waals surface area contributed by atoms with Crippen LogP contribution in [0.3, 0.4) is 0 Å². The maximum atomic E-state index is 12.3. The fourth-order valence-corrected chi connectivity index (χ4v) is 2.32. The number of carbonyl (C=O) groups is 1. The van der Waals surface area contributed by atoms with Crippen LogP contribution < -0.4 is 10.9 Å². The summed E-state index contributed by atoms with van der Waals surface area (Å²) in [4.78, 5) is 31.4. The lowest BCUT2D eigenvalue weighted by Gasteiger charge is -2.29. The van der Waals surface area contributed by atoms with E-state index in [9.17, 15) is 9.59 Å². The van der Waals surface area contributed by atoms with Crippen LogP contribution >= 0.6 is 0 Å². The van der Waals surface area contributed by atoms with E-state index in [0.717, 1.165) is 19.2 Å². The van der Waals surface area contributed by atoms with Crippen molar-refractivity contribution in [3.8, 4) is 0 Å². The molecule has 0 aromatic carbocycles. The Balaban J connectivity index is 2.01. The van der Waals surface area contributed by atoms with Crippen molar-refractivity contribution in [3.63, 3.8) is 0 Å². The monoisotopic (exact) mass is 264 g/mol. The summed E-state index contributed by atoms with van der Waals surface area (Å²) in [5.74, 6) is -0.133. The van der Waals surface area contributed by atoms with Gasteiger partial charge in [-0.2, -0.15) is 0 Å². The third-order valence-corrected chi connectivity index (χ3v) is 3.41. The first kappa shape index (κ1) is 13.7. The van der Waals surface area contributed by atoms with Crippen LogP contribution in [0.1, 0.15) is 36.7 Å². The second-order valence-corrected chi connectivity index (χ2v) is 4.79. The second-order valence-electron chi connectivity index (χ2n) is 4.79. The third kappa shape index (κ3) is 3.64. The number of aromatic amines is 1. The summed E-state index contributed by atoms with van der Waals surface area (Å²) in [6.07, 6.45) is 6.03. The number of hydrogen-bond donors (Lipinski definition) is 2. The topological polar surface area (TPSA) is 78.1 Å². The lowest BCUT2D eigenvalue weighted by atomic mass is 10.0. The van der Waals surface area contributed by atoms with Gasteiger partial charge in [0.05, 0.1) is 6.20 Å². The molecule has 6 nitrogen and oxygen atoms in total. The summed E-state index contributed by atoms with van der Waals surface area (Å²) < 4.78 is 0. The standard InChI is InChI=1S/C13H20N4O2/c1-2-17(9-10-5-3-4-6-14-10)13(19)11-7-16-12(18)8-15-11/h7-8,10,14H,2-6,9H2,1H3,(H,16,18). The first-order chi connectivity index (χ1) is 9.20. The summed E-state index contributed by atoms with van der Waals surface area (Å²) in [5, 5.41) is 3.43. The van der Waals surface area contributed by atoms with E-state index in [1.807, 2.05) is 6.92 Å². The number of H-pyrrole nitrogens is 1. The summed E-state index contributed by atoms with van der Waals surface area (Å²) in [6, 6.07) is 0.361. The second kappa shape index (κ2) is 6.47. The van der Waals surface area contributed by atoms with E-state index in [1.54, 1.807) is 4.90 Å². The largest absolute Gasteiger partial charge is 0.336 e. The highest BCUT2D eigenvalue weighted by Crippen LogP contribution is 2.09. The van der Waals surface area contributed by atoms with E-state index in [2.05, 4.69) is 15.3 Å². The lowest BCUT2D eigenvalue weighted by Crippen LogP contribution is -2.46. The molecule has 2 rings (SSSR count). The van der Waals surface area contributed by atoms with Crippen LogP contribution in [0.4, 0.5) is 0 Å². The molecule has 1 aliphatic heterocycles. The van der Waals surface area contributed by atoms with Crippen molar-refractivity contribution in [3.05, 3.63) is 28.4 Å². The van der Waals surface area contributed by atoms with Crippen molar-refractivity contribution >= 4 is 5.91 Å². The Hall–Kier alpha value is -1.69. The van der Waals surface area contributed by atoms with Crippen molar-refractivity contribution in [2.45, 2.75) is 32.2 Å². The SMILES string of the molecule is CCN(CC1CCCCN1)C(=O)c1c[nH]c(=O)cn1. The molecule has 0 saturated carbocycles. The molecule has 1 aromatic heterocycles. The number of rotatable bonds is 4. The van der Waals surface area contributed by atoms with Crippen molar-refractivity contribution in [2.24, 2.45) is 0 Å². The fourth-order valence-electron chi connectivity index (χ4n) is 2.32. The molecule has 2 heterocycles. The highest BCUT2D eigenvalue weighted by molar-refractivity contribution is 5.91. The number of nitrogens with zero attached hydrogens (tertiary/aromatic N) is 2. The summed E-state index contributed by atoms with van der Waals surface area (Å²) in [5.41, 5.74) is -0.00851. The molecule has 1 aromatic rings. The number of aromatic nitrogens is 2. The molecular weight excluding hydrogens is 244 g/mol. The van der Waals surface area contributed by atoms with Gasteiger partial charge < -0.3 is 15.2 Å². The molecule has 1 atom stereocenters. The predicted octanol–water partition coefficient (Wildman–Crippen LogP) is 0.374. The van der Waals surface area contributed by atoms with Gasteiger partial charge in [0.1, 0.15) is 5.69 Å². The van der Waals surface area contributed by atoms with E-state index >= 15 is 0 Å². The molecule has 0 radical (unpaired) electrons. The average molecular weight is 264 g/mol. The van der Waals surface area contributed by atoms with Gasteiger partial charge in [-0.15, -0.1) is 0 Å². The van der Waals surface area contributed by atoms with Crippen LogP contribution in [0.5, 0.6) is 0 Å². The van der Waals surface area contributed by atoms with Gasteiger partial charge in [-0.1, -0.05) is 6.42 Å². The first-order valence-electron chi connectivity index (χ1n) is 6.78. The molecule has 1 unspecified atom stereocenters. The minimum Gasteiger partial charge on any atom is -0.336 e. The van der Waals surface area contributed by atoms with E-state index in [0.29, 0.717) is 19.1 Å². The molecule has 19 heavy (non-hydrogen) atoms. The molecule has 0 aliphatic carbocycles. The van der Waals surface area contributed by atoms with E-state index in [-0.39, 0.29) is 17.2 Å². The zero-order valence-electron chi connectivity index (χ0n) is 11.2. The molecule has 1 amide bonds. The third-order valence-electron chi connectivity index (χ3n) is 3.41. The summed E-state index contributed by atoms with van der Waals surface area (Å²) >= 11 is 0. The Kier molecular flexibility index (Phi) is 4.68. The Morgan fingerprint density at radius 3 is 2.95 bits per heavy atom. The Labute approximate surface area is 112 Å². The molecule has 1 fully saturated rings. The molecule has 0 spiro atoms. The van der Waals surface area contributed by atoms with Gasteiger partial charge >= 0.3 is 0 Å². The van der Waals surface area contributed by atoms with Crippen molar-refractivity contribution in [1.29, 1.82) is 0 Å². The Morgan fingerprint density at radius 1 is 1.53 bits per heavy atom. The Morgan fingerprint density at radius 2 is 2.37 bits per heavy atom. The minimum atomic E-state index is -0.298. The van der Waals surface area contributed by atoms with Crippen molar-refractivity contribution < 1.29 is 4.79 Å². The fraction of sp³-hybridized carbons (Fsp3) is 0.615. The Bertz CT molecular complexity index is 459. The van der Waals surface area contributed by atoms with Crippen LogP contribution in [0.25, 0.3) is 0 Å².